The van der Waals surface area contributed by atoms with Crippen LogP contribution in [0.5, 0.6) is 0 Å². The van der Waals surface area contributed by atoms with Gasteiger partial charge in [-0.1, -0.05) is 6.07 Å². The fourth-order valence-corrected chi connectivity index (χ4v) is 1.75. The van der Waals surface area contributed by atoms with Crippen LogP contribution in [-0.2, 0) is 0 Å². The number of β-amino-alcohol motifs (C(OH)–C–C–N with tert-alkyl or cyclic N) is 1. The van der Waals surface area contributed by atoms with Gasteiger partial charge >= 0.3 is 0 Å². The number of hydrogen-bond acceptors (Lipinski definition) is 3. The van der Waals surface area contributed by atoms with E-state index in [1.54, 1.807) is 12.1 Å². The van der Waals surface area contributed by atoms with E-state index in [-0.39, 0.29) is 5.82 Å². The summed E-state index contributed by atoms with van der Waals surface area (Å²) in [7, 11) is 0. The first-order valence-electron chi connectivity index (χ1n) is 5.11. The summed E-state index contributed by atoms with van der Waals surface area (Å²) in [5.74, 6) is -0.267. The quantitative estimate of drug-likeness (QED) is 0.696. The van der Waals surface area contributed by atoms with Crippen LogP contribution in [0.1, 0.15) is 6.42 Å². The number of benzene rings is 1. The summed E-state index contributed by atoms with van der Waals surface area (Å²) in [6.07, 6.45) is 0.731. The van der Waals surface area contributed by atoms with E-state index in [2.05, 4.69) is 10.6 Å². The van der Waals surface area contributed by atoms with Gasteiger partial charge in [-0.2, -0.15) is 0 Å². The van der Waals surface area contributed by atoms with Crippen LogP contribution in [0.15, 0.2) is 24.3 Å². The first-order valence-corrected chi connectivity index (χ1v) is 5.11. The fraction of sp³-hybridized carbons (Fsp3) is 0.455. The lowest BCUT2D eigenvalue weighted by atomic mass is 10.0. The highest BCUT2D eigenvalue weighted by Gasteiger charge is 2.30. The van der Waals surface area contributed by atoms with Crippen molar-refractivity contribution >= 4 is 5.69 Å². The van der Waals surface area contributed by atoms with Crippen LogP contribution < -0.4 is 10.6 Å². The minimum Gasteiger partial charge on any atom is -0.387 e. The predicted octanol–water partition coefficient (Wildman–Crippen LogP) is 0.962. The average molecular weight is 210 g/mol. The number of halogens is 1. The Balaban J connectivity index is 1.92. The van der Waals surface area contributed by atoms with Gasteiger partial charge in [0.15, 0.2) is 0 Å². The summed E-state index contributed by atoms with van der Waals surface area (Å²) >= 11 is 0. The molecule has 2 rings (SSSR count). The molecule has 1 atom stereocenters. The van der Waals surface area contributed by atoms with Crippen molar-refractivity contribution in [3.8, 4) is 0 Å². The Morgan fingerprint density at radius 1 is 1.53 bits per heavy atom. The van der Waals surface area contributed by atoms with E-state index in [0.29, 0.717) is 18.8 Å². The molecule has 1 saturated heterocycles. The molecule has 4 heteroatoms. The van der Waals surface area contributed by atoms with Crippen LogP contribution in [-0.4, -0.2) is 30.3 Å². The van der Waals surface area contributed by atoms with Crippen molar-refractivity contribution in [3.05, 3.63) is 30.1 Å². The summed E-state index contributed by atoms with van der Waals surface area (Å²) < 4.78 is 12.8. The lowest BCUT2D eigenvalue weighted by molar-refractivity contribution is 0.0752. The van der Waals surface area contributed by atoms with Crippen molar-refractivity contribution in [1.29, 1.82) is 0 Å². The molecule has 1 aromatic rings. The van der Waals surface area contributed by atoms with Crippen LogP contribution in [0.25, 0.3) is 0 Å². The van der Waals surface area contributed by atoms with Crippen molar-refractivity contribution in [2.45, 2.75) is 12.0 Å². The fourth-order valence-electron chi connectivity index (χ4n) is 1.75. The molecule has 0 amide bonds. The van der Waals surface area contributed by atoms with Gasteiger partial charge in [-0.3, -0.25) is 0 Å². The molecule has 1 fully saturated rings. The monoisotopic (exact) mass is 210 g/mol. The third-order valence-corrected chi connectivity index (χ3v) is 2.67. The van der Waals surface area contributed by atoms with Crippen molar-refractivity contribution in [2.24, 2.45) is 0 Å². The predicted molar refractivity (Wildman–Crippen MR) is 57.3 cm³/mol. The second kappa shape index (κ2) is 4.16. The Morgan fingerprint density at radius 2 is 2.40 bits per heavy atom. The number of hydrogen-bond donors (Lipinski definition) is 3. The average Bonchev–Trinajstić information content (AvgIpc) is 2.63. The zero-order chi connectivity index (χ0) is 10.7. The van der Waals surface area contributed by atoms with Crippen LogP contribution in [0.4, 0.5) is 10.1 Å². The maximum Gasteiger partial charge on any atom is 0.125 e. The Hall–Kier alpha value is -1.13. The highest BCUT2D eigenvalue weighted by Crippen LogP contribution is 2.16. The third kappa shape index (κ3) is 2.67. The molecule has 3 N–H and O–H groups in total. The molecule has 3 nitrogen and oxygen atoms in total. The summed E-state index contributed by atoms with van der Waals surface area (Å²) in [5.41, 5.74) is 0.00194. The maximum absolute atomic E-state index is 12.8. The van der Waals surface area contributed by atoms with Gasteiger partial charge in [0.2, 0.25) is 0 Å². The van der Waals surface area contributed by atoms with Gasteiger partial charge in [0.1, 0.15) is 5.82 Å². The summed E-state index contributed by atoms with van der Waals surface area (Å²) in [6, 6.07) is 6.26. The molecule has 1 heterocycles. The maximum atomic E-state index is 12.8. The van der Waals surface area contributed by atoms with Gasteiger partial charge < -0.3 is 15.7 Å². The molecule has 0 spiro atoms. The standard InChI is InChI=1S/C11H15FN2O/c12-9-2-1-3-10(6-9)14-8-11(15)4-5-13-7-11/h1-3,6,13-15H,4-5,7-8H2. The molecule has 1 aliphatic heterocycles. The summed E-state index contributed by atoms with van der Waals surface area (Å²) in [6.45, 7) is 1.88. The van der Waals surface area contributed by atoms with E-state index in [4.69, 9.17) is 0 Å². The zero-order valence-electron chi connectivity index (χ0n) is 8.46. The molecule has 1 unspecified atom stereocenters. The number of nitrogens with one attached hydrogen (secondary N) is 2. The summed E-state index contributed by atoms with van der Waals surface area (Å²) in [5, 5.41) is 16.1. The first kappa shape index (κ1) is 10.4. The van der Waals surface area contributed by atoms with Gasteiger partial charge in [-0.15, -0.1) is 0 Å². The Bertz CT molecular complexity index is 337. The minimum atomic E-state index is -0.702. The van der Waals surface area contributed by atoms with Gasteiger partial charge in [0.25, 0.3) is 0 Å². The second-order valence-corrected chi connectivity index (χ2v) is 4.02. The van der Waals surface area contributed by atoms with Crippen molar-refractivity contribution in [3.63, 3.8) is 0 Å². The molecule has 0 radical (unpaired) electrons. The second-order valence-electron chi connectivity index (χ2n) is 4.02. The van der Waals surface area contributed by atoms with E-state index in [9.17, 15) is 9.50 Å². The van der Waals surface area contributed by atoms with E-state index >= 15 is 0 Å². The lowest BCUT2D eigenvalue weighted by Gasteiger charge is -2.22. The van der Waals surface area contributed by atoms with Crippen LogP contribution in [0.2, 0.25) is 0 Å². The van der Waals surface area contributed by atoms with E-state index in [1.165, 1.54) is 12.1 Å². The molecule has 1 aliphatic rings. The molecule has 0 bridgehead atoms. The molecule has 15 heavy (non-hydrogen) atoms. The smallest absolute Gasteiger partial charge is 0.125 e. The van der Waals surface area contributed by atoms with Gasteiger partial charge in [-0.25, -0.2) is 4.39 Å². The Labute approximate surface area is 88.3 Å². The minimum absolute atomic E-state index is 0.267. The normalized spacial score (nSPS) is 25.5. The molecule has 1 aromatic carbocycles. The SMILES string of the molecule is OC1(CNc2cccc(F)c2)CCNC1. The van der Waals surface area contributed by atoms with Gasteiger partial charge in [0, 0.05) is 18.8 Å². The Morgan fingerprint density at radius 3 is 3.07 bits per heavy atom. The Kier molecular flexibility index (Phi) is 2.88. The van der Waals surface area contributed by atoms with Gasteiger partial charge in [0.05, 0.1) is 5.60 Å². The van der Waals surface area contributed by atoms with Gasteiger partial charge in [-0.05, 0) is 31.2 Å². The molecular formula is C11H15FN2O. The zero-order valence-corrected chi connectivity index (χ0v) is 8.46. The van der Waals surface area contributed by atoms with E-state index < -0.39 is 5.60 Å². The van der Waals surface area contributed by atoms with Crippen molar-refractivity contribution in [2.75, 3.05) is 25.0 Å². The van der Waals surface area contributed by atoms with Crippen LogP contribution in [0.3, 0.4) is 0 Å². The molecule has 82 valence electrons. The number of rotatable bonds is 3. The molecule has 0 aromatic heterocycles. The lowest BCUT2D eigenvalue weighted by Crippen LogP contribution is -2.38. The number of aliphatic hydroxyl groups is 1. The van der Waals surface area contributed by atoms with Crippen molar-refractivity contribution in [1.82, 2.24) is 5.32 Å². The van der Waals surface area contributed by atoms with Crippen LogP contribution in [0, 0.1) is 5.82 Å². The number of anilines is 1. The first-order chi connectivity index (χ1) is 7.18. The molecule has 0 aliphatic carbocycles. The molecule has 0 saturated carbocycles. The third-order valence-electron chi connectivity index (χ3n) is 2.67. The van der Waals surface area contributed by atoms with Crippen molar-refractivity contribution < 1.29 is 9.50 Å². The summed E-state index contributed by atoms with van der Waals surface area (Å²) in [4.78, 5) is 0. The van der Waals surface area contributed by atoms with E-state index in [1.807, 2.05) is 0 Å². The largest absolute Gasteiger partial charge is 0.387 e. The highest BCUT2D eigenvalue weighted by molar-refractivity contribution is 5.43. The topological polar surface area (TPSA) is 44.3 Å². The highest BCUT2D eigenvalue weighted by atomic mass is 19.1. The molecular weight excluding hydrogens is 195 g/mol. The van der Waals surface area contributed by atoms with E-state index in [0.717, 1.165) is 13.0 Å². The van der Waals surface area contributed by atoms with Crippen LogP contribution >= 0.6 is 0 Å².